The van der Waals surface area contributed by atoms with E-state index in [1.807, 2.05) is 0 Å². The molecule has 0 aliphatic carbocycles. The summed E-state index contributed by atoms with van der Waals surface area (Å²) in [4.78, 5) is 0. The lowest BCUT2D eigenvalue weighted by atomic mass is 10.1. The molecule has 114 valence electrons. The summed E-state index contributed by atoms with van der Waals surface area (Å²) in [5, 5.41) is 0. The predicted molar refractivity (Wildman–Crippen MR) is 66.0 cm³/mol. The van der Waals surface area contributed by atoms with Crippen molar-refractivity contribution in [2.75, 3.05) is 6.61 Å². The predicted octanol–water partition coefficient (Wildman–Crippen LogP) is 5.30. The molecule has 0 N–H and O–H groups in total. The third-order valence-electron chi connectivity index (χ3n) is 2.84. The Kier molecular flexibility index (Phi) is 5.77. The molecule has 0 amide bonds. The molecule has 1 rings (SSSR count). The number of unbranched alkanes of at least 4 members (excludes halogenated alkanes) is 3. The summed E-state index contributed by atoms with van der Waals surface area (Å²) in [6, 6.07) is 3.76. The van der Waals surface area contributed by atoms with Crippen LogP contribution in [-0.4, -0.2) is 12.8 Å². The van der Waals surface area contributed by atoms with E-state index in [1.54, 1.807) is 0 Å². The van der Waals surface area contributed by atoms with Gasteiger partial charge >= 0.3 is 12.1 Å². The van der Waals surface area contributed by atoms with Crippen molar-refractivity contribution in [2.45, 2.75) is 44.7 Å². The monoisotopic (exact) mass is 296 g/mol. The normalized spacial score (nSPS) is 12.5. The van der Waals surface area contributed by atoms with Crippen molar-refractivity contribution >= 4 is 0 Å². The van der Waals surface area contributed by atoms with Gasteiger partial charge in [0.2, 0.25) is 0 Å². The van der Waals surface area contributed by atoms with Crippen LogP contribution in [-0.2, 0) is 5.92 Å². The first-order chi connectivity index (χ1) is 9.29. The van der Waals surface area contributed by atoms with Crippen LogP contribution in [0.25, 0.3) is 0 Å². The lowest BCUT2D eigenvalue weighted by Crippen LogP contribution is -2.33. The third-order valence-corrected chi connectivity index (χ3v) is 2.84. The lowest BCUT2D eigenvalue weighted by Gasteiger charge is -2.20. The molecule has 0 saturated carbocycles. The quantitative estimate of drug-likeness (QED) is 0.490. The van der Waals surface area contributed by atoms with Crippen LogP contribution in [0.2, 0.25) is 0 Å². The number of ether oxygens (including phenoxy) is 1. The highest BCUT2D eigenvalue weighted by molar-refractivity contribution is 5.30. The minimum absolute atomic E-state index is 0.295. The van der Waals surface area contributed by atoms with E-state index in [0.29, 0.717) is 12.4 Å². The first-order valence-electron chi connectivity index (χ1n) is 6.47. The van der Waals surface area contributed by atoms with Gasteiger partial charge in [-0.25, -0.2) is 0 Å². The second kappa shape index (κ2) is 6.90. The maximum Gasteiger partial charge on any atom is 0.458 e. The molecule has 0 aliphatic heterocycles. The van der Waals surface area contributed by atoms with Crippen molar-refractivity contribution in [1.82, 2.24) is 0 Å². The van der Waals surface area contributed by atoms with Crippen LogP contribution in [0.3, 0.4) is 0 Å². The average molecular weight is 296 g/mol. The summed E-state index contributed by atoms with van der Waals surface area (Å²) in [5.41, 5.74) is -1.08. The maximum atomic E-state index is 13.0. The van der Waals surface area contributed by atoms with E-state index in [9.17, 15) is 22.0 Å². The molecular formula is C14H17F5O. The van der Waals surface area contributed by atoms with E-state index in [4.69, 9.17) is 4.74 Å². The summed E-state index contributed by atoms with van der Waals surface area (Å²) in [5.74, 6) is -4.55. The highest BCUT2D eigenvalue weighted by Crippen LogP contribution is 2.43. The van der Waals surface area contributed by atoms with E-state index < -0.39 is 17.7 Å². The number of halogens is 5. The van der Waals surface area contributed by atoms with Crippen LogP contribution >= 0.6 is 0 Å². The van der Waals surface area contributed by atoms with Crippen molar-refractivity contribution in [2.24, 2.45) is 0 Å². The molecule has 0 fully saturated rings. The Balaban J connectivity index is 2.56. The standard InChI is InChI=1S/C14H17F5O/c1-2-3-4-5-10-20-12-8-6-11(7-9-12)13(15,16)14(17,18)19/h6-9H,2-5,10H2,1H3. The van der Waals surface area contributed by atoms with Crippen LogP contribution in [0.1, 0.15) is 38.2 Å². The number of rotatable bonds is 7. The van der Waals surface area contributed by atoms with Crippen LogP contribution < -0.4 is 4.74 Å². The lowest BCUT2D eigenvalue weighted by molar-refractivity contribution is -0.289. The van der Waals surface area contributed by atoms with Gasteiger partial charge in [-0.05, 0) is 30.7 Å². The van der Waals surface area contributed by atoms with Gasteiger partial charge in [-0.1, -0.05) is 26.2 Å². The molecule has 0 aromatic heterocycles. The van der Waals surface area contributed by atoms with Crippen LogP contribution in [0.15, 0.2) is 24.3 Å². The van der Waals surface area contributed by atoms with Crippen LogP contribution in [0, 0.1) is 0 Å². The molecule has 0 spiro atoms. The van der Waals surface area contributed by atoms with Crippen molar-refractivity contribution < 1.29 is 26.7 Å². The van der Waals surface area contributed by atoms with Crippen molar-refractivity contribution in [3.8, 4) is 5.75 Å². The van der Waals surface area contributed by atoms with E-state index in [1.165, 1.54) is 0 Å². The minimum Gasteiger partial charge on any atom is -0.494 e. The SMILES string of the molecule is CCCCCCOc1ccc(C(F)(F)C(F)(F)F)cc1. The van der Waals surface area contributed by atoms with Gasteiger partial charge in [-0.3, -0.25) is 0 Å². The summed E-state index contributed by atoms with van der Waals surface area (Å²) < 4.78 is 67.8. The molecule has 0 atom stereocenters. The van der Waals surface area contributed by atoms with Gasteiger partial charge in [0.1, 0.15) is 5.75 Å². The average Bonchev–Trinajstić information content (AvgIpc) is 2.38. The fourth-order valence-corrected chi connectivity index (χ4v) is 1.64. The van der Waals surface area contributed by atoms with Gasteiger partial charge in [-0.2, -0.15) is 22.0 Å². The van der Waals surface area contributed by atoms with Crippen molar-refractivity contribution in [3.63, 3.8) is 0 Å². The van der Waals surface area contributed by atoms with E-state index in [0.717, 1.165) is 49.9 Å². The topological polar surface area (TPSA) is 9.23 Å². The summed E-state index contributed by atoms with van der Waals surface area (Å²) in [6.07, 6.45) is -1.59. The van der Waals surface area contributed by atoms with E-state index in [-0.39, 0.29) is 0 Å². The molecule has 1 aromatic rings. The molecule has 0 heterocycles. The largest absolute Gasteiger partial charge is 0.494 e. The molecule has 0 unspecified atom stereocenters. The Bertz CT molecular complexity index is 397. The Morgan fingerprint density at radius 3 is 2.00 bits per heavy atom. The smallest absolute Gasteiger partial charge is 0.458 e. The maximum absolute atomic E-state index is 13.0. The Morgan fingerprint density at radius 1 is 0.900 bits per heavy atom. The molecule has 0 aliphatic rings. The van der Waals surface area contributed by atoms with Crippen molar-refractivity contribution in [3.05, 3.63) is 29.8 Å². The molecule has 6 heteroatoms. The molecule has 0 radical (unpaired) electrons. The van der Waals surface area contributed by atoms with E-state index in [2.05, 4.69) is 6.92 Å². The summed E-state index contributed by atoms with van der Waals surface area (Å²) in [7, 11) is 0. The van der Waals surface area contributed by atoms with Gasteiger partial charge in [0.05, 0.1) is 6.61 Å². The van der Waals surface area contributed by atoms with Crippen LogP contribution in [0.5, 0.6) is 5.75 Å². The first-order valence-corrected chi connectivity index (χ1v) is 6.47. The summed E-state index contributed by atoms with van der Waals surface area (Å²) in [6.45, 7) is 2.50. The molecule has 20 heavy (non-hydrogen) atoms. The highest BCUT2D eigenvalue weighted by Gasteiger charge is 2.58. The highest BCUT2D eigenvalue weighted by atomic mass is 19.4. The zero-order valence-electron chi connectivity index (χ0n) is 11.1. The van der Waals surface area contributed by atoms with Crippen molar-refractivity contribution in [1.29, 1.82) is 0 Å². The molecule has 0 saturated heterocycles. The van der Waals surface area contributed by atoms with Gasteiger partial charge in [0, 0.05) is 5.56 Å². The fraction of sp³-hybridized carbons (Fsp3) is 0.571. The number of hydrogen-bond donors (Lipinski definition) is 0. The molecular weight excluding hydrogens is 279 g/mol. The van der Waals surface area contributed by atoms with Gasteiger partial charge < -0.3 is 4.74 Å². The Morgan fingerprint density at radius 2 is 1.50 bits per heavy atom. The zero-order chi connectivity index (χ0) is 15.2. The molecule has 0 bridgehead atoms. The third kappa shape index (κ3) is 4.35. The molecule has 1 aromatic carbocycles. The summed E-state index contributed by atoms with van der Waals surface area (Å²) >= 11 is 0. The van der Waals surface area contributed by atoms with Gasteiger partial charge in [0.25, 0.3) is 0 Å². The number of benzene rings is 1. The first kappa shape index (κ1) is 16.7. The number of hydrogen-bond acceptors (Lipinski definition) is 1. The van der Waals surface area contributed by atoms with Gasteiger partial charge in [-0.15, -0.1) is 0 Å². The van der Waals surface area contributed by atoms with E-state index >= 15 is 0 Å². The minimum atomic E-state index is -5.59. The van der Waals surface area contributed by atoms with Crippen LogP contribution in [0.4, 0.5) is 22.0 Å². The fourth-order valence-electron chi connectivity index (χ4n) is 1.64. The number of alkyl halides is 5. The zero-order valence-corrected chi connectivity index (χ0v) is 11.1. The second-order valence-corrected chi connectivity index (χ2v) is 4.51. The Hall–Kier alpha value is -1.33. The second-order valence-electron chi connectivity index (χ2n) is 4.51. The molecule has 1 nitrogen and oxygen atoms in total. The Labute approximate surface area is 114 Å². The van der Waals surface area contributed by atoms with Gasteiger partial charge in [0.15, 0.2) is 0 Å².